The molecule has 2 rings (SSSR count). The molecule has 1 aromatic carbocycles. The molecule has 0 bridgehead atoms. The zero-order chi connectivity index (χ0) is 12.3. The number of pyridine rings is 1. The first-order chi connectivity index (χ1) is 8.16. The molecule has 3 N–H and O–H groups in total. The van der Waals surface area contributed by atoms with Gasteiger partial charge in [-0.2, -0.15) is 0 Å². The third-order valence-electron chi connectivity index (χ3n) is 2.17. The van der Waals surface area contributed by atoms with Crippen LogP contribution in [0.3, 0.4) is 0 Å². The Morgan fingerprint density at radius 3 is 2.76 bits per heavy atom. The number of nitrogens with one attached hydrogen (secondary N) is 1. The van der Waals surface area contributed by atoms with E-state index in [9.17, 15) is 4.79 Å². The van der Waals surface area contributed by atoms with Crippen LogP contribution in [0.5, 0.6) is 0 Å². The molecular weight excluding hydrogens is 238 g/mol. The van der Waals surface area contributed by atoms with Gasteiger partial charge >= 0.3 is 0 Å². The molecule has 0 atom stereocenters. The van der Waals surface area contributed by atoms with Gasteiger partial charge in [0.1, 0.15) is 5.82 Å². The molecule has 1 aromatic heterocycles. The van der Waals surface area contributed by atoms with Gasteiger partial charge in [-0.15, -0.1) is 0 Å². The van der Waals surface area contributed by atoms with Gasteiger partial charge in [0.2, 0.25) is 0 Å². The van der Waals surface area contributed by atoms with Gasteiger partial charge in [-0.05, 0) is 24.3 Å². The number of aromatic nitrogens is 1. The molecule has 0 aliphatic heterocycles. The van der Waals surface area contributed by atoms with Gasteiger partial charge in [-0.3, -0.25) is 4.79 Å². The molecular formula is C12H10ClN3O. The highest BCUT2D eigenvalue weighted by molar-refractivity contribution is 6.30. The second-order valence-electron chi connectivity index (χ2n) is 3.40. The maximum absolute atomic E-state index is 11.9. The number of nitrogen functional groups attached to an aromatic ring is 1. The number of hydrogen-bond donors (Lipinski definition) is 2. The molecule has 1 amide bonds. The van der Waals surface area contributed by atoms with Gasteiger partial charge in [0.15, 0.2) is 0 Å². The zero-order valence-corrected chi connectivity index (χ0v) is 9.61. The molecule has 0 saturated carbocycles. The molecule has 2 aromatic rings. The maximum Gasteiger partial charge on any atom is 0.258 e. The predicted octanol–water partition coefficient (Wildman–Crippen LogP) is 2.57. The molecule has 0 aliphatic carbocycles. The van der Waals surface area contributed by atoms with Crippen molar-refractivity contribution in [3.05, 3.63) is 53.2 Å². The minimum absolute atomic E-state index is 0.308. The Kier molecular flexibility index (Phi) is 3.25. The summed E-state index contributed by atoms with van der Waals surface area (Å²) in [5, 5.41) is 3.14. The van der Waals surface area contributed by atoms with Crippen LogP contribution in [-0.2, 0) is 0 Å². The van der Waals surface area contributed by atoms with Crippen molar-refractivity contribution < 1.29 is 4.79 Å². The first-order valence-electron chi connectivity index (χ1n) is 4.94. The van der Waals surface area contributed by atoms with Crippen LogP contribution >= 0.6 is 11.6 Å². The smallest absolute Gasteiger partial charge is 0.258 e. The molecule has 0 spiro atoms. The van der Waals surface area contributed by atoms with E-state index in [2.05, 4.69) is 10.3 Å². The number of anilines is 2. The van der Waals surface area contributed by atoms with E-state index < -0.39 is 0 Å². The van der Waals surface area contributed by atoms with Crippen molar-refractivity contribution in [1.29, 1.82) is 0 Å². The minimum Gasteiger partial charge on any atom is -0.398 e. The highest BCUT2D eigenvalue weighted by atomic mass is 35.5. The van der Waals surface area contributed by atoms with Crippen LogP contribution < -0.4 is 11.1 Å². The fourth-order valence-corrected chi connectivity index (χ4v) is 1.52. The molecule has 0 unspecified atom stereocenters. The Morgan fingerprint density at radius 1 is 1.29 bits per heavy atom. The molecule has 0 radical (unpaired) electrons. The number of hydrogen-bond acceptors (Lipinski definition) is 3. The predicted molar refractivity (Wildman–Crippen MR) is 68.1 cm³/mol. The fourth-order valence-electron chi connectivity index (χ4n) is 1.36. The summed E-state index contributed by atoms with van der Waals surface area (Å²) < 4.78 is 0. The summed E-state index contributed by atoms with van der Waals surface area (Å²) in [4.78, 5) is 15.8. The number of rotatable bonds is 2. The summed E-state index contributed by atoms with van der Waals surface area (Å²) >= 11 is 5.79. The third-order valence-corrected chi connectivity index (χ3v) is 2.40. The average Bonchev–Trinajstić information content (AvgIpc) is 2.29. The fraction of sp³-hybridized carbons (Fsp3) is 0. The largest absolute Gasteiger partial charge is 0.398 e. The van der Waals surface area contributed by atoms with E-state index in [0.717, 1.165) is 0 Å². The molecule has 0 saturated heterocycles. The third kappa shape index (κ3) is 2.73. The van der Waals surface area contributed by atoms with E-state index in [1.54, 1.807) is 36.4 Å². The van der Waals surface area contributed by atoms with Crippen molar-refractivity contribution >= 4 is 29.0 Å². The summed E-state index contributed by atoms with van der Waals surface area (Å²) in [6, 6.07) is 10.0. The van der Waals surface area contributed by atoms with Crippen molar-refractivity contribution in [2.75, 3.05) is 11.1 Å². The normalized spacial score (nSPS) is 9.94. The van der Waals surface area contributed by atoms with Crippen LogP contribution in [0, 0.1) is 0 Å². The van der Waals surface area contributed by atoms with E-state index in [0.29, 0.717) is 22.1 Å². The Balaban J connectivity index is 2.20. The number of benzene rings is 1. The highest BCUT2D eigenvalue weighted by Crippen LogP contribution is 2.15. The summed E-state index contributed by atoms with van der Waals surface area (Å²) in [5.74, 6) is 0.0867. The van der Waals surface area contributed by atoms with E-state index in [-0.39, 0.29) is 5.91 Å². The second kappa shape index (κ2) is 4.84. The Bertz CT molecular complexity index is 557. The number of carbonyl (C=O) groups excluding carboxylic acids is 1. The molecule has 5 heteroatoms. The summed E-state index contributed by atoms with van der Waals surface area (Å²) in [6.07, 6.45) is 1.52. The monoisotopic (exact) mass is 247 g/mol. The topological polar surface area (TPSA) is 68.0 Å². The Labute approximate surface area is 103 Å². The van der Waals surface area contributed by atoms with E-state index in [1.807, 2.05) is 0 Å². The minimum atomic E-state index is -0.308. The van der Waals surface area contributed by atoms with Crippen molar-refractivity contribution in [3.8, 4) is 0 Å². The molecule has 86 valence electrons. The number of nitrogens with two attached hydrogens (primary N) is 1. The SMILES string of the molecule is Nc1ccccc1C(=O)Nc1cc(Cl)ccn1. The van der Waals surface area contributed by atoms with Crippen LogP contribution in [-0.4, -0.2) is 10.9 Å². The number of carbonyl (C=O) groups is 1. The second-order valence-corrected chi connectivity index (χ2v) is 3.84. The van der Waals surface area contributed by atoms with Crippen molar-refractivity contribution in [3.63, 3.8) is 0 Å². The highest BCUT2D eigenvalue weighted by Gasteiger charge is 2.09. The van der Waals surface area contributed by atoms with Crippen LogP contribution in [0.4, 0.5) is 11.5 Å². The van der Waals surface area contributed by atoms with Gasteiger partial charge in [-0.25, -0.2) is 4.98 Å². The van der Waals surface area contributed by atoms with Crippen LogP contribution in [0.2, 0.25) is 5.02 Å². The summed E-state index contributed by atoms with van der Waals surface area (Å²) in [5.41, 5.74) is 6.53. The van der Waals surface area contributed by atoms with E-state index in [1.165, 1.54) is 6.20 Å². The molecule has 0 fully saturated rings. The standard InChI is InChI=1S/C12H10ClN3O/c13-8-5-6-15-11(7-8)16-12(17)9-3-1-2-4-10(9)14/h1-7H,14H2,(H,15,16,17). The molecule has 0 aliphatic rings. The maximum atomic E-state index is 11.9. The Morgan fingerprint density at radius 2 is 2.06 bits per heavy atom. The lowest BCUT2D eigenvalue weighted by Gasteiger charge is -2.06. The van der Waals surface area contributed by atoms with Gasteiger partial charge in [-0.1, -0.05) is 23.7 Å². The first-order valence-corrected chi connectivity index (χ1v) is 5.32. The van der Waals surface area contributed by atoms with Crippen molar-refractivity contribution in [1.82, 2.24) is 4.98 Å². The lowest BCUT2D eigenvalue weighted by molar-refractivity contribution is 0.102. The van der Waals surface area contributed by atoms with E-state index >= 15 is 0 Å². The van der Waals surface area contributed by atoms with Crippen molar-refractivity contribution in [2.45, 2.75) is 0 Å². The van der Waals surface area contributed by atoms with E-state index in [4.69, 9.17) is 17.3 Å². The number of halogens is 1. The van der Waals surface area contributed by atoms with Gasteiger partial charge in [0.05, 0.1) is 5.56 Å². The molecule has 17 heavy (non-hydrogen) atoms. The number of para-hydroxylation sites is 1. The van der Waals surface area contributed by atoms with Crippen molar-refractivity contribution in [2.24, 2.45) is 0 Å². The lowest BCUT2D eigenvalue weighted by atomic mass is 10.1. The molecule has 4 nitrogen and oxygen atoms in total. The quantitative estimate of drug-likeness (QED) is 0.802. The van der Waals surface area contributed by atoms with Crippen LogP contribution in [0.15, 0.2) is 42.6 Å². The van der Waals surface area contributed by atoms with Crippen LogP contribution in [0.25, 0.3) is 0 Å². The number of nitrogens with zero attached hydrogens (tertiary/aromatic N) is 1. The van der Waals surface area contributed by atoms with Gasteiger partial charge < -0.3 is 11.1 Å². The Hall–Kier alpha value is -2.07. The summed E-state index contributed by atoms with van der Waals surface area (Å²) in [7, 11) is 0. The van der Waals surface area contributed by atoms with Gasteiger partial charge in [0.25, 0.3) is 5.91 Å². The molecule has 1 heterocycles. The number of amides is 1. The first kappa shape index (κ1) is 11.4. The lowest BCUT2D eigenvalue weighted by Crippen LogP contribution is -2.14. The zero-order valence-electron chi connectivity index (χ0n) is 8.85. The summed E-state index contributed by atoms with van der Waals surface area (Å²) in [6.45, 7) is 0. The average molecular weight is 248 g/mol. The van der Waals surface area contributed by atoms with Gasteiger partial charge in [0, 0.05) is 16.9 Å². The van der Waals surface area contributed by atoms with Crippen LogP contribution in [0.1, 0.15) is 10.4 Å².